The standard InChI is InChI=1S/C12H17NO3/c14-11-9-6-8(9)10(12(15)16)13(11)7-4-2-1-3-5-7/h7-10H,1-6H2,(H,15,16). The van der Waals surface area contributed by atoms with Crippen LogP contribution in [0.2, 0.25) is 0 Å². The van der Waals surface area contributed by atoms with Crippen molar-refractivity contribution in [2.24, 2.45) is 11.8 Å². The topological polar surface area (TPSA) is 57.6 Å². The molecule has 0 bridgehead atoms. The maximum Gasteiger partial charge on any atom is 0.326 e. The highest BCUT2D eigenvalue weighted by Gasteiger charge is 2.62. The number of carboxylic acids is 1. The minimum absolute atomic E-state index is 0.0445. The van der Waals surface area contributed by atoms with Crippen molar-refractivity contribution < 1.29 is 14.7 Å². The van der Waals surface area contributed by atoms with E-state index in [0.29, 0.717) is 0 Å². The molecule has 88 valence electrons. The van der Waals surface area contributed by atoms with Gasteiger partial charge in [-0.05, 0) is 19.3 Å². The lowest BCUT2D eigenvalue weighted by Gasteiger charge is -2.35. The number of hydrogen-bond acceptors (Lipinski definition) is 2. The van der Waals surface area contributed by atoms with Gasteiger partial charge in [0.25, 0.3) is 0 Å². The van der Waals surface area contributed by atoms with Crippen molar-refractivity contribution in [2.45, 2.75) is 50.6 Å². The average molecular weight is 223 g/mol. The van der Waals surface area contributed by atoms with E-state index in [1.165, 1.54) is 6.42 Å². The van der Waals surface area contributed by atoms with Gasteiger partial charge in [-0.2, -0.15) is 0 Å². The molecule has 3 fully saturated rings. The van der Waals surface area contributed by atoms with Crippen molar-refractivity contribution in [3.63, 3.8) is 0 Å². The summed E-state index contributed by atoms with van der Waals surface area (Å²) in [6.07, 6.45) is 6.29. The zero-order valence-corrected chi connectivity index (χ0v) is 9.26. The fourth-order valence-corrected chi connectivity index (χ4v) is 3.45. The summed E-state index contributed by atoms with van der Waals surface area (Å²) in [6.45, 7) is 0. The van der Waals surface area contributed by atoms with Gasteiger partial charge >= 0.3 is 5.97 Å². The van der Waals surface area contributed by atoms with E-state index in [0.717, 1.165) is 32.1 Å². The van der Waals surface area contributed by atoms with E-state index in [4.69, 9.17) is 0 Å². The van der Waals surface area contributed by atoms with Crippen molar-refractivity contribution in [1.82, 2.24) is 4.90 Å². The number of likely N-dealkylation sites (tertiary alicyclic amines) is 1. The Morgan fingerprint density at radius 1 is 1.25 bits per heavy atom. The smallest absolute Gasteiger partial charge is 0.326 e. The first kappa shape index (κ1) is 10.1. The summed E-state index contributed by atoms with van der Waals surface area (Å²) in [4.78, 5) is 25.0. The second kappa shape index (κ2) is 3.47. The van der Waals surface area contributed by atoms with Crippen LogP contribution < -0.4 is 0 Å². The first-order valence-electron chi connectivity index (χ1n) is 6.25. The van der Waals surface area contributed by atoms with E-state index in [2.05, 4.69) is 0 Å². The molecule has 1 amide bonds. The predicted octanol–water partition coefficient (Wildman–Crippen LogP) is 1.25. The quantitative estimate of drug-likeness (QED) is 0.766. The summed E-state index contributed by atoms with van der Waals surface area (Å²) in [5.41, 5.74) is 0. The molecule has 4 heteroatoms. The number of rotatable bonds is 2. The number of nitrogens with zero attached hydrogens (tertiary/aromatic N) is 1. The molecule has 0 aromatic heterocycles. The van der Waals surface area contributed by atoms with Crippen molar-refractivity contribution in [3.05, 3.63) is 0 Å². The summed E-state index contributed by atoms with van der Waals surface area (Å²) < 4.78 is 0. The molecular weight excluding hydrogens is 206 g/mol. The second-order valence-corrected chi connectivity index (χ2v) is 5.33. The molecule has 16 heavy (non-hydrogen) atoms. The van der Waals surface area contributed by atoms with Gasteiger partial charge in [-0.1, -0.05) is 19.3 Å². The molecule has 1 N–H and O–H groups in total. The van der Waals surface area contributed by atoms with Crippen LogP contribution in [0.25, 0.3) is 0 Å². The Balaban J connectivity index is 1.81. The third kappa shape index (κ3) is 1.35. The lowest BCUT2D eigenvalue weighted by molar-refractivity contribution is -0.150. The van der Waals surface area contributed by atoms with Crippen molar-refractivity contribution in [1.29, 1.82) is 0 Å². The van der Waals surface area contributed by atoms with Crippen LogP contribution in [0.4, 0.5) is 0 Å². The van der Waals surface area contributed by atoms with Gasteiger partial charge < -0.3 is 10.0 Å². The minimum Gasteiger partial charge on any atom is -0.480 e. The molecule has 0 aromatic rings. The van der Waals surface area contributed by atoms with E-state index >= 15 is 0 Å². The molecular formula is C12H17NO3. The number of amides is 1. The van der Waals surface area contributed by atoms with E-state index in [9.17, 15) is 14.7 Å². The molecule has 4 nitrogen and oxygen atoms in total. The van der Waals surface area contributed by atoms with Crippen LogP contribution >= 0.6 is 0 Å². The van der Waals surface area contributed by atoms with Crippen molar-refractivity contribution in [3.8, 4) is 0 Å². The molecule has 0 aromatic carbocycles. The second-order valence-electron chi connectivity index (χ2n) is 5.33. The molecule has 1 saturated heterocycles. The monoisotopic (exact) mass is 223 g/mol. The predicted molar refractivity (Wildman–Crippen MR) is 56.7 cm³/mol. The summed E-state index contributed by atoms with van der Waals surface area (Å²) in [7, 11) is 0. The maximum absolute atomic E-state index is 12.0. The minimum atomic E-state index is -0.802. The van der Waals surface area contributed by atoms with Gasteiger partial charge in [-0.15, -0.1) is 0 Å². The Hall–Kier alpha value is -1.06. The van der Waals surface area contributed by atoms with Crippen LogP contribution in [-0.4, -0.2) is 34.0 Å². The highest BCUT2D eigenvalue weighted by Crippen LogP contribution is 2.52. The van der Waals surface area contributed by atoms with Gasteiger partial charge in [0.1, 0.15) is 6.04 Å². The molecule has 3 aliphatic rings. The first-order valence-corrected chi connectivity index (χ1v) is 6.25. The zero-order valence-electron chi connectivity index (χ0n) is 9.26. The summed E-state index contributed by atoms with van der Waals surface area (Å²) in [5.74, 6) is -0.525. The van der Waals surface area contributed by atoms with Crippen molar-refractivity contribution in [2.75, 3.05) is 0 Å². The third-order valence-electron chi connectivity index (χ3n) is 4.34. The van der Waals surface area contributed by atoms with Crippen LogP contribution in [-0.2, 0) is 9.59 Å². The summed E-state index contributed by atoms with van der Waals surface area (Å²) in [5, 5.41) is 9.24. The maximum atomic E-state index is 12.0. The Morgan fingerprint density at radius 3 is 2.56 bits per heavy atom. The fourth-order valence-electron chi connectivity index (χ4n) is 3.45. The number of hydrogen-bond donors (Lipinski definition) is 1. The van der Waals surface area contributed by atoms with E-state index < -0.39 is 12.0 Å². The van der Waals surface area contributed by atoms with Crippen LogP contribution in [0, 0.1) is 11.8 Å². The number of carbonyl (C=O) groups excluding carboxylic acids is 1. The molecule has 0 radical (unpaired) electrons. The molecule has 3 unspecified atom stereocenters. The Kier molecular flexibility index (Phi) is 2.19. The van der Waals surface area contributed by atoms with E-state index in [-0.39, 0.29) is 23.8 Å². The number of fused-ring (bicyclic) bond motifs is 1. The van der Waals surface area contributed by atoms with E-state index in [1.54, 1.807) is 4.90 Å². The SMILES string of the molecule is O=C(O)C1C2CC2C(=O)N1C1CCCCC1. The molecule has 3 rings (SSSR count). The molecule has 2 saturated carbocycles. The molecule has 0 spiro atoms. The summed E-state index contributed by atoms with van der Waals surface area (Å²) >= 11 is 0. The normalized spacial score (nSPS) is 38.6. The Labute approximate surface area is 94.6 Å². The fraction of sp³-hybridized carbons (Fsp3) is 0.833. The first-order chi connectivity index (χ1) is 7.70. The van der Waals surface area contributed by atoms with Crippen LogP contribution in [0.15, 0.2) is 0 Å². The lowest BCUT2D eigenvalue weighted by Crippen LogP contribution is -2.48. The molecule has 2 aliphatic carbocycles. The third-order valence-corrected chi connectivity index (χ3v) is 4.34. The highest BCUT2D eigenvalue weighted by molar-refractivity contribution is 5.93. The van der Waals surface area contributed by atoms with Gasteiger partial charge in [-0.25, -0.2) is 4.79 Å². The lowest BCUT2D eigenvalue weighted by atomic mass is 9.93. The van der Waals surface area contributed by atoms with Gasteiger partial charge in [0.15, 0.2) is 0 Å². The van der Waals surface area contributed by atoms with E-state index in [1.807, 2.05) is 0 Å². The molecule has 1 aliphatic heterocycles. The van der Waals surface area contributed by atoms with Crippen LogP contribution in [0.3, 0.4) is 0 Å². The summed E-state index contributed by atoms with van der Waals surface area (Å²) in [6, 6.07) is -0.309. The Morgan fingerprint density at radius 2 is 1.94 bits per heavy atom. The van der Waals surface area contributed by atoms with Crippen LogP contribution in [0.1, 0.15) is 38.5 Å². The zero-order chi connectivity index (χ0) is 11.3. The number of carbonyl (C=O) groups is 2. The number of aliphatic carboxylic acids is 1. The highest BCUT2D eigenvalue weighted by atomic mass is 16.4. The van der Waals surface area contributed by atoms with Gasteiger partial charge in [0, 0.05) is 17.9 Å². The number of piperidine rings is 1. The molecule has 3 atom stereocenters. The van der Waals surface area contributed by atoms with Gasteiger partial charge in [0.2, 0.25) is 5.91 Å². The largest absolute Gasteiger partial charge is 0.480 e. The average Bonchev–Trinajstić information content (AvgIpc) is 3.00. The van der Waals surface area contributed by atoms with Crippen LogP contribution in [0.5, 0.6) is 0 Å². The van der Waals surface area contributed by atoms with Crippen molar-refractivity contribution >= 4 is 11.9 Å². The van der Waals surface area contributed by atoms with Gasteiger partial charge in [0.05, 0.1) is 0 Å². The molecule has 1 heterocycles. The Bertz CT molecular complexity index is 335. The van der Waals surface area contributed by atoms with Gasteiger partial charge in [-0.3, -0.25) is 4.79 Å². The number of carboxylic acid groups (broad SMARTS) is 1.